The van der Waals surface area contributed by atoms with Gasteiger partial charge in [0.2, 0.25) is 5.43 Å². The average Bonchev–Trinajstić information content (AvgIpc) is 2.70. The van der Waals surface area contributed by atoms with Crippen LogP contribution in [0.4, 0.5) is 10.1 Å². The van der Waals surface area contributed by atoms with Gasteiger partial charge in [0, 0.05) is 13.1 Å². The Morgan fingerprint density at radius 2 is 1.82 bits per heavy atom. The minimum atomic E-state index is -0.450. The Balaban J connectivity index is 1.76. The lowest BCUT2D eigenvalue weighted by Crippen LogP contribution is -2.22. The van der Waals surface area contributed by atoms with Crippen molar-refractivity contribution in [1.29, 1.82) is 0 Å². The summed E-state index contributed by atoms with van der Waals surface area (Å²) in [6.45, 7) is 0.113. The molecule has 7 heteroatoms. The Bertz CT molecular complexity index is 1050. The quantitative estimate of drug-likeness (QED) is 0.710. The van der Waals surface area contributed by atoms with Gasteiger partial charge in [-0.1, -0.05) is 24.3 Å². The highest BCUT2D eigenvalue weighted by atomic mass is 19.1. The fourth-order valence-electron chi connectivity index (χ4n) is 2.62. The zero-order valence-electron chi connectivity index (χ0n) is 15.4. The van der Waals surface area contributed by atoms with Gasteiger partial charge in [-0.15, -0.1) is 0 Å². The van der Waals surface area contributed by atoms with E-state index in [1.54, 1.807) is 43.4 Å². The molecular weight excluding hydrogens is 363 g/mol. The maximum absolute atomic E-state index is 13.0. The number of benzene rings is 2. The van der Waals surface area contributed by atoms with E-state index in [4.69, 9.17) is 9.47 Å². The number of para-hydroxylation sites is 2. The second-order valence-corrected chi connectivity index (χ2v) is 6.07. The van der Waals surface area contributed by atoms with Crippen molar-refractivity contribution in [3.05, 3.63) is 88.1 Å². The number of rotatable bonds is 6. The first kappa shape index (κ1) is 19.2. The molecule has 1 heterocycles. The van der Waals surface area contributed by atoms with Gasteiger partial charge in [0.25, 0.3) is 5.91 Å². The van der Waals surface area contributed by atoms with Crippen LogP contribution in [0.5, 0.6) is 11.5 Å². The molecule has 1 N–H and O–H groups in total. The standard InChI is InChI=1S/C21H19FN2O4/c1-24-12-20(28-13-14-7-9-15(22)10-8-14)18(25)11-17(24)21(26)23-16-5-3-4-6-19(16)27-2/h3-12H,13H2,1-2H3,(H,23,26). The molecule has 0 unspecified atom stereocenters. The van der Waals surface area contributed by atoms with Crippen molar-refractivity contribution in [2.45, 2.75) is 6.61 Å². The zero-order chi connectivity index (χ0) is 20.1. The Hall–Kier alpha value is -3.61. The van der Waals surface area contributed by atoms with Crippen molar-refractivity contribution in [2.75, 3.05) is 12.4 Å². The van der Waals surface area contributed by atoms with E-state index in [2.05, 4.69) is 5.32 Å². The topological polar surface area (TPSA) is 69.6 Å². The zero-order valence-corrected chi connectivity index (χ0v) is 15.4. The third-order valence-electron chi connectivity index (χ3n) is 4.10. The predicted octanol–water partition coefficient (Wildman–Crippen LogP) is 3.36. The van der Waals surface area contributed by atoms with Crippen molar-refractivity contribution in [3.63, 3.8) is 0 Å². The molecule has 0 saturated heterocycles. The van der Waals surface area contributed by atoms with Gasteiger partial charge in [-0.05, 0) is 29.8 Å². The molecule has 28 heavy (non-hydrogen) atoms. The number of carbonyl (C=O) groups excluding carboxylic acids is 1. The number of ether oxygens (including phenoxy) is 2. The van der Waals surface area contributed by atoms with E-state index >= 15 is 0 Å². The lowest BCUT2D eigenvalue weighted by atomic mass is 10.2. The molecule has 0 aliphatic rings. The number of methoxy groups -OCH3 is 1. The van der Waals surface area contributed by atoms with E-state index in [1.165, 1.54) is 36.1 Å². The predicted molar refractivity (Wildman–Crippen MR) is 103 cm³/mol. The van der Waals surface area contributed by atoms with Crippen molar-refractivity contribution >= 4 is 11.6 Å². The second kappa shape index (κ2) is 8.39. The summed E-state index contributed by atoms with van der Waals surface area (Å²) in [7, 11) is 3.15. The van der Waals surface area contributed by atoms with Gasteiger partial charge < -0.3 is 19.4 Å². The third kappa shape index (κ3) is 4.37. The first-order valence-corrected chi connectivity index (χ1v) is 8.50. The van der Waals surface area contributed by atoms with Crippen LogP contribution in [0.15, 0.2) is 65.6 Å². The Labute approximate surface area is 161 Å². The number of halogens is 1. The van der Waals surface area contributed by atoms with Gasteiger partial charge in [-0.3, -0.25) is 9.59 Å². The molecule has 0 fully saturated rings. The van der Waals surface area contributed by atoms with Gasteiger partial charge in [-0.2, -0.15) is 0 Å². The number of nitrogens with one attached hydrogen (secondary N) is 1. The first-order chi connectivity index (χ1) is 13.5. The first-order valence-electron chi connectivity index (χ1n) is 8.50. The Morgan fingerprint density at radius 3 is 2.54 bits per heavy atom. The molecule has 0 aliphatic heterocycles. The van der Waals surface area contributed by atoms with Gasteiger partial charge >= 0.3 is 0 Å². The highest BCUT2D eigenvalue weighted by molar-refractivity contribution is 6.03. The van der Waals surface area contributed by atoms with E-state index in [9.17, 15) is 14.0 Å². The summed E-state index contributed by atoms with van der Waals surface area (Å²) in [6.07, 6.45) is 1.45. The number of anilines is 1. The number of carbonyl (C=O) groups is 1. The Morgan fingerprint density at radius 1 is 1.11 bits per heavy atom. The van der Waals surface area contributed by atoms with Crippen molar-refractivity contribution in [3.8, 4) is 11.5 Å². The van der Waals surface area contributed by atoms with E-state index in [0.717, 1.165) is 5.56 Å². The minimum absolute atomic E-state index is 0.0978. The van der Waals surface area contributed by atoms with E-state index in [0.29, 0.717) is 11.4 Å². The molecule has 0 spiro atoms. The monoisotopic (exact) mass is 382 g/mol. The molecule has 0 saturated carbocycles. The summed E-state index contributed by atoms with van der Waals surface area (Å²) >= 11 is 0. The van der Waals surface area contributed by atoms with Gasteiger partial charge in [0.05, 0.1) is 19.0 Å². The van der Waals surface area contributed by atoms with Crippen LogP contribution in [0, 0.1) is 5.82 Å². The number of hydrogen-bond donors (Lipinski definition) is 1. The number of nitrogens with zero attached hydrogens (tertiary/aromatic N) is 1. The van der Waals surface area contributed by atoms with Crippen LogP contribution in [0.25, 0.3) is 0 Å². The van der Waals surface area contributed by atoms with Crippen LogP contribution in [0.3, 0.4) is 0 Å². The Kier molecular flexibility index (Phi) is 5.74. The van der Waals surface area contributed by atoms with Crippen LogP contribution in [-0.2, 0) is 13.7 Å². The van der Waals surface area contributed by atoms with Crippen molar-refractivity contribution in [2.24, 2.45) is 7.05 Å². The van der Waals surface area contributed by atoms with Gasteiger partial charge in [-0.25, -0.2) is 4.39 Å². The molecule has 0 radical (unpaired) electrons. The van der Waals surface area contributed by atoms with Crippen LogP contribution < -0.4 is 20.2 Å². The average molecular weight is 382 g/mol. The fraction of sp³-hybridized carbons (Fsp3) is 0.143. The normalized spacial score (nSPS) is 10.4. The molecule has 0 atom stereocenters. The summed E-state index contributed by atoms with van der Waals surface area (Å²) in [5.41, 5.74) is 0.968. The van der Waals surface area contributed by atoms with Crippen molar-refractivity contribution < 1.29 is 18.7 Å². The third-order valence-corrected chi connectivity index (χ3v) is 4.10. The molecule has 3 aromatic rings. The fourth-order valence-corrected chi connectivity index (χ4v) is 2.62. The van der Waals surface area contributed by atoms with Crippen LogP contribution in [0.2, 0.25) is 0 Å². The van der Waals surface area contributed by atoms with E-state index in [1.807, 2.05) is 0 Å². The number of amides is 1. The lowest BCUT2D eigenvalue weighted by molar-refractivity contribution is 0.101. The number of aryl methyl sites for hydroxylation is 1. The largest absolute Gasteiger partial charge is 0.495 e. The maximum Gasteiger partial charge on any atom is 0.272 e. The van der Waals surface area contributed by atoms with E-state index in [-0.39, 0.29) is 23.9 Å². The second-order valence-electron chi connectivity index (χ2n) is 6.07. The number of aromatic nitrogens is 1. The SMILES string of the molecule is COc1ccccc1NC(=O)c1cc(=O)c(OCc2ccc(F)cc2)cn1C. The maximum atomic E-state index is 13.0. The van der Waals surface area contributed by atoms with Crippen LogP contribution in [0.1, 0.15) is 16.1 Å². The minimum Gasteiger partial charge on any atom is -0.495 e. The molecule has 144 valence electrons. The lowest BCUT2D eigenvalue weighted by Gasteiger charge is -2.13. The summed E-state index contributed by atoms with van der Waals surface area (Å²) in [6, 6.07) is 14.0. The number of hydrogen-bond acceptors (Lipinski definition) is 4. The highest BCUT2D eigenvalue weighted by Crippen LogP contribution is 2.23. The molecule has 1 amide bonds. The highest BCUT2D eigenvalue weighted by Gasteiger charge is 2.14. The molecule has 3 rings (SSSR count). The van der Waals surface area contributed by atoms with Crippen molar-refractivity contribution in [1.82, 2.24) is 4.57 Å². The van der Waals surface area contributed by atoms with Gasteiger partial charge in [0.15, 0.2) is 5.75 Å². The van der Waals surface area contributed by atoms with Crippen LogP contribution >= 0.6 is 0 Å². The number of pyridine rings is 1. The van der Waals surface area contributed by atoms with E-state index < -0.39 is 11.3 Å². The van der Waals surface area contributed by atoms with Gasteiger partial charge in [0.1, 0.15) is 23.9 Å². The smallest absolute Gasteiger partial charge is 0.272 e. The summed E-state index contributed by atoms with van der Waals surface area (Å²) < 4.78 is 25.2. The summed E-state index contributed by atoms with van der Waals surface area (Å²) in [5, 5.41) is 2.73. The summed E-state index contributed by atoms with van der Waals surface area (Å²) in [4.78, 5) is 24.9. The molecule has 0 aliphatic carbocycles. The summed E-state index contributed by atoms with van der Waals surface area (Å²) in [5.74, 6) is -0.181. The molecular formula is C21H19FN2O4. The van der Waals surface area contributed by atoms with Crippen LogP contribution in [-0.4, -0.2) is 17.6 Å². The molecule has 6 nitrogen and oxygen atoms in total. The molecule has 0 bridgehead atoms. The molecule has 2 aromatic carbocycles. The molecule has 1 aromatic heterocycles.